The smallest absolute Gasteiger partial charge is 0.270 e. The van der Waals surface area contributed by atoms with Crippen molar-refractivity contribution < 1.29 is 9.53 Å². The van der Waals surface area contributed by atoms with Gasteiger partial charge in [-0.1, -0.05) is 44.9 Å². The Morgan fingerprint density at radius 1 is 1.17 bits per heavy atom. The number of hydrogen-bond acceptors (Lipinski definition) is 4. The zero-order chi connectivity index (χ0) is 20.9. The van der Waals surface area contributed by atoms with Crippen LogP contribution in [0.25, 0.3) is 5.69 Å². The molecule has 1 aliphatic heterocycles. The number of rotatable bonds is 9. The third kappa shape index (κ3) is 4.76. The molecule has 1 aromatic heterocycles. The van der Waals surface area contributed by atoms with Gasteiger partial charge < -0.3 is 10.1 Å². The van der Waals surface area contributed by atoms with Gasteiger partial charge in [-0.15, -0.1) is 0 Å². The molecule has 1 N–H and O–H groups in total. The van der Waals surface area contributed by atoms with E-state index in [-0.39, 0.29) is 5.91 Å². The Balaban J connectivity index is 1.52. The molecule has 2 aromatic rings. The van der Waals surface area contributed by atoms with Crippen LogP contribution >= 0.6 is 0 Å². The van der Waals surface area contributed by atoms with E-state index in [1.54, 1.807) is 0 Å². The maximum atomic E-state index is 13.3. The SMILES string of the molecule is CCC(CC)[C@H](CNC(=O)c1cc(C2CC2)nn1-c1ccccc1)N1CCOCC1. The number of morpholine rings is 1. The molecule has 0 unspecified atom stereocenters. The van der Waals surface area contributed by atoms with Crippen LogP contribution in [0.5, 0.6) is 0 Å². The first-order valence-corrected chi connectivity index (χ1v) is 11.5. The van der Waals surface area contributed by atoms with E-state index in [2.05, 4.69) is 24.1 Å². The molecule has 2 aliphatic rings. The fourth-order valence-corrected chi connectivity index (χ4v) is 4.53. The van der Waals surface area contributed by atoms with Gasteiger partial charge in [0.25, 0.3) is 5.91 Å². The molecular formula is C24H34N4O2. The minimum Gasteiger partial charge on any atom is -0.379 e. The van der Waals surface area contributed by atoms with Crippen LogP contribution in [-0.2, 0) is 4.74 Å². The molecule has 2 heterocycles. The fraction of sp³-hybridized carbons (Fsp3) is 0.583. The molecular weight excluding hydrogens is 376 g/mol. The van der Waals surface area contributed by atoms with E-state index in [4.69, 9.17) is 9.84 Å². The normalized spacial score (nSPS) is 18.5. The summed E-state index contributed by atoms with van der Waals surface area (Å²) in [6, 6.07) is 12.3. The summed E-state index contributed by atoms with van der Waals surface area (Å²) in [5.74, 6) is 1.03. The number of hydrogen-bond donors (Lipinski definition) is 1. The summed E-state index contributed by atoms with van der Waals surface area (Å²) in [6.45, 7) is 8.57. The standard InChI is InChI=1S/C24H34N4O2/c1-3-18(4-2)23(27-12-14-30-15-13-27)17-25-24(29)22-16-21(19-10-11-19)26-28(22)20-8-6-5-7-9-20/h5-9,16,18-19,23H,3-4,10-15,17H2,1-2H3,(H,25,29)/t23-/m0/s1. The molecule has 2 fully saturated rings. The highest BCUT2D eigenvalue weighted by atomic mass is 16.5. The lowest BCUT2D eigenvalue weighted by Gasteiger charge is -2.38. The molecule has 1 saturated carbocycles. The Labute approximate surface area is 179 Å². The first-order valence-electron chi connectivity index (χ1n) is 11.5. The van der Waals surface area contributed by atoms with Crippen LogP contribution in [0.2, 0.25) is 0 Å². The quantitative estimate of drug-likeness (QED) is 0.686. The van der Waals surface area contributed by atoms with Crippen LogP contribution in [0.15, 0.2) is 36.4 Å². The number of amides is 1. The van der Waals surface area contributed by atoms with Crippen LogP contribution in [-0.4, -0.2) is 59.5 Å². The third-order valence-corrected chi connectivity index (χ3v) is 6.54. The van der Waals surface area contributed by atoms with Gasteiger partial charge in [0.1, 0.15) is 5.69 Å². The molecule has 0 spiro atoms. The van der Waals surface area contributed by atoms with Crippen LogP contribution in [0.3, 0.4) is 0 Å². The van der Waals surface area contributed by atoms with Gasteiger partial charge in [0.2, 0.25) is 0 Å². The van der Waals surface area contributed by atoms with Crippen molar-refractivity contribution in [3.8, 4) is 5.69 Å². The molecule has 4 rings (SSSR count). The van der Waals surface area contributed by atoms with Gasteiger partial charge in [0.05, 0.1) is 24.6 Å². The van der Waals surface area contributed by atoms with Crippen molar-refractivity contribution in [3.63, 3.8) is 0 Å². The Hall–Kier alpha value is -2.18. The first-order chi connectivity index (χ1) is 14.7. The summed E-state index contributed by atoms with van der Waals surface area (Å²) in [7, 11) is 0. The number of nitrogens with zero attached hydrogens (tertiary/aromatic N) is 3. The van der Waals surface area contributed by atoms with E-state index in [9.17, 15) is 4.79 Å². The lowest BCUT2D eigenvalue weighted by Crippen LogP contribution is -2.52. The highest BCUT2D eigenvalue weighted by molar-refractivity contribution is 5.93. The number of para-hydroxylation sites is 1. The minimum absolute atomic E-state index is 0.0394. The minimum atomic E-state index is -0.0394. The van der Waals surface area contributed by atoms with Crippen molar-refractivity contribution >= 4 is 5.91 Å². The lowest BCUT2D eigenvalue weighted by atomic mass is 9.92. The van der Waals surface area contributed by atoms with Gasteiger partial charge in [-0.05, 0) is 37.0 Å². The molecule has 1 saturated heterocycles. The van der Waals surface area contributed by atoms with E-state index in [0.717, 1.165) is 50.5 Å². The van der Waals surface area contributed by atoms with Crippen LogP contribution in [0.4, 0.5) is 0 Å². The van der Waals surface area contributed by atoms with E-state index in [1.807, 2.05) is 41.1 Å². The van der Waals surface area contributed by atoms with Crippen molar-refractivity contribution in [1.29, 1.82) is 0 Å². The monoisotopic (exact) mass is 410 g/mol. The first kappa shape index (κ1) is 21.1. The Bertz CT molecular complexity index is 821. The van der Waals surface area contributed by atoms with Gasteiger partial charge in [-0.2, -0.15) is 5.10 Å². The summed E-state index contributed by atoms with van der Waals surface area (Å²) >= 11 is 0. The maximum absolute atomic E-state index is 13.3. The number of aromatic nitrogens is 2. The molecule has 1 aliphatic carbocycles. The van der Waals surface area contributed by atoms with Crippen molar-refractivity contribution in [1.82, 2.24) is 20.0 Å². The van der Waals surface area contributed by atoms with Gasteiger partial charge >= 0.3 is 0 Å². The van der Waals surface area contributed by atoms with E-state index < -0.39 is 0 Å². The molecule has 1 aromatic carbocycles. The van der Waals surface area contributed by atoms with Crippen LogP contribution in [0.1, 0.15) is 61.6 Å². The Kier molecular flexibility index (Phi) is 6.85. The Morgan fingerprint density at radius 3 is 2.50 bits per heavy atom. The van der Waals surface area contributed by atoms with Crippen molar-refractivity contribution in [2.75, 3.05) is 32.8 Å². The van der Waals surface area contributed by atoms with Gasteiger partial charge in [0.15, 0.2) is 0 Å². The highest BCUT2D eigenvalue weighted by Gasteiger charge is 2.30. The lowest BCUT2D eigenvalue weighted by molar-refractivity contribution is 0.00189. The van der Waals surface area contributed by atoms with Crippen LogP contribution in [0, 0.1) is 5.92 Å². The summed E-state index contributed by atoms with van der Waals surface area (Å²) in [6.07, 6.45) is 4.56. The second-order valence-corrected chi connectivity index (χ2v) is 8.48. The highest BCUT2D eigenvalue weighted by Crippen LogP contribution is 2.39. The summed E-state index contributed by atoms with van der Waals surface area (Å²) in [5, 5.41) is 8.02. The number of nitrogens with one attached hydrogen (secondary N) is 1. The second kappa shape index (κ2) is 9.75. The number of carbonyl (C=O) groups excluding carboxylic acids is 1. The molecule has 1 atom stereocenters. The third-order valence-electron chi connectivity index (χ3n) is 6.54. The summed E-state index contributed by atoms with van der Waals surface area (Å²) in [5.41, 5.74) is 2.60. The van der Waals surface area contributed by atoms with Crippen molar-refractivity contribution in [2.24, 2.45) is 5.92 Å². The number of carbonyl (C=O) groups is 1. The van der Waals surface area contributed by atoms with Gasteiger partial charge in [-0.25, -0.2) is 4.68 Å². The molecule has 6 heteroatoms. The van der Waals surface area contributed by atoms with Crippen LogP contribution < -0.4 is 5.32 Å². The molecule has 1 amide bonds. The zero-order valence-electron chi connectivity index (χ0n) is 18.2. The van der Waals surface area contributed by atoms with E-state index >= 15 is 0 Å². The summed E-state index contributed by atoms with van der Waals surface area (Å²) in [4.78, 5) is 15.8. The molecule has 0 radical (unpaired) electrons. The molecule has 0 bridgehead atoms. The molecule has 162 valence electrons. The second-order valence-electron chi connectivity index (χ2n) is 8.48. The predicted molar refractivity (Wildman–Crippen MR) is 118 cm³/mol. The fourth-order valence-electron chi connectivity index (χ4n) is 4.53. The van der Waals surface area contributed by atoms with E-state index in [0.29, 0.717) is 30.1 Å². The number of ether oxygens (including phenoxy) is 1. The topological polar surface area (TPSA) is 59.4 Å². The van der Waals surface area contributed by atoms with Gasteiger partial charge in [0, 0.05) is 31.6 Å². The summed E-state index contributed by atoms with van der Waals surface area (Å²) < 4.78 is 7.36. The van der Waals surface area contributed by atoms with Crippen molar-refractivity contribution in [2.45, 2.75) is 51.5 Å². The molecule has 6 nitrogen and oxygen atoms in total. The zero-order valence-corrected chi connectivity index (χ0v) is 18.2. The average Bonchev–Trinajstić information content (AvgIpc) is 3.55. The number of benzene rings is 1. The van der Waals surface area contributed by atoms with E-state index in [1.165, 1.54) is 12.8 Å². The maximum Gasteiger partial charge on any atom is 0.270 e. The molecule has 30 heavy (non-hydrogen) atoms. The predicted octanol–water partition coefficient (Wildman–Crippen LogP) is 3.62. The Morgan fingerprint density at radius 2 is 1.87 bits per heavy atom. The van der Waals surface area contributed by atoms with Crippen molar-refractivity contribution in [3.05, 3.63) is 47.8 Å². The average molecular weight is 411 g/mol. The van der Waals surface area contributed by atoms with Gasteiger partial charge in [-0.3, -0.25) is 9.69 Å². The largest absolute Gasteiger partial charge is 0.379 e.